The lowest BCUT2D eigenvalue weighted by Gasteiger charge is -2.12. The van der Waals surface area contributed by atoms with Crippen LogP contribution in [-0.4, -0.2) is 52.0 Å². The standard InChI is InChI=1S/C19H30N2O6S/c1-4-6-7-10-28(24,25)14-19(23)21-12-15-8-9-16(17(11-15)26-3)27-13-18(22)20-5-2/h8-9,11H,4-7,10,12-14H2,1-3H3,(H,20,22)(H,21,23). The van der Waals surface area contributed by atoms with Gasteiger partial charge in [-0.25, -0.2) is 8.42 Å². The van der Waals surface area contributed by atoms with E-state index in [0.29, 0.717) is 24.5 Å². The second-order valence-electron chi connectivity index (χ2n) is 6.30. The molecule has 0 atom stereocenters. The minimum absolute atomic E-state index is 0.0275. The number of likely N-dealkylation sites (N-methyl/N-ethyl adjacent to an activating group) is 1. The third-order valence-electron chi connectivity index (χ3n) is 3.86. The molecule has 2 amide bonds. The summed E-state index contributed by atoms with van der Waals surface area (Å²) in [6.07, 6.45) is 2.32. The molecule has 0 unspecified atom stereocenters. The Labute approximate surface area is 166 Å². The minimum atomic E-state index is -3.39. The Balaban J connectivity index is 2.58. The van der Waals surface area contributed by atoms with Crippen LogP contribution >= 0.6 is 0 Å². The predicted molar refractivity (Wildman–Crippen MR) is 107 cm³/mol. The van der Waals surface area contributed by atoms with E-state index in [1.165, 1.54) is 7.11 Å². The number of hydrogen-bond acceptors (Lipinski definition) is 6. The summed E-state index contributed by atoms with van der Waals surface area (Å²) in [5.74, 6) is -0.431. The predicted octanol–water partition coefficient (Wildman–Crippen LogP) is 1.43. The smallest absolute Gasteiger partial charge is 0.257 e. The van der Waals surface area contributed by atoms with E-state index in [2.05, 4.69) is 10.6 Å². The van der Waals surface area contributed by atoms with Gasteiger partial charge < -0.3 is 20.1 Å². The van der Waals surface area contributed by atoms with Crippen molar-refractivity contribution in [2.45, 2.75) is 39.7 Å². The largest absolute Gasteiger partial charge is 0.493 e. The molecule has 0 radical (unpaired) electrons. The van der Waals surface area contributed by atoms with Crippen LogP contribution in [0.2, 0.25) is 0 Å². The van der Waals surface area contributed by atoms with Crippen molar-refractivity contribution in [1.29, 1.82) is 0 Å². The van der Waals surface area contributed by atoms with E-state index in [1.54, 1.807) is 18.2 Å². The molecule has 0 fully saturated rings. The highest BCUT2D eigenvalue weighted by molar-refractivity contribution is 7.92. The first-order chi connectivity index (χ1) is 13.3. The van der Waals surface area contributed by atoms with Gasteiger partial charge >= 0.3 is 0 Å². The molecule has 28 heavy (non-hydrogen) atoms. The van der Waals surface area contributed by atoms with Crippen LogP contribution in [0.15, 0.2) is 18.2 Å². The molecule has 0 bridgehead atoms. The molecule has 1 aromatic rings. The van der Waals surface area contributed by atoms with Crippen molar-refractivity contribution >= 4 is 21.7 Å². The summed E-state index contributed by atoms with van der Waals surface area (Å²) in [6.45, 7) is 4.36. The number of hydrogen-bond donors (Lipinski definition) is 2. The number of rotatable bonds is 13. The normalized spacial score (nSPS) is 11.0. The third kappa shape index (κ3) is 9.07. The van der Waals surface area contributed by atoms with Crippen LogP contribution < -0.4 is 20.1 Å². The zero-order valence-electron chi connectivity index (χ0n) is 16.7. The number of amides is 2. The third-order valence-corrected chi connectivity index (χ3v) is 5.47. The number of carbonyl (C=O) groups is 2. The summed E-state index contributed by atoms with van der Waals surface area (Å²) in [7, 11) is -1.92. The summed E-state index contributed by atoms with van der Waals surface area (Å²) in [4.78, 5) is 23.4. The van der Waals surface area contributed by atoms with Crippen LogP contribution in [0.4, 0.5) is 0 Å². The number of carbonyl (C=O) groups excluding carboxylic acids is 2. The number of nitrogens with one attached hydrogen (secondary N) is 2. The van der Waals surface area contributed by atoms with Crippen LogP contribution in [0, 0.1) is 0 Å². The van der Waals surface area contributed by atoms with E-state index >= 15 is 0 Å². The van der Waals surface area contributed by atoms with Crippen molar-refractivity contribution in [2.75, 3.05) is 31.8 Å². The molecular formula is C19H30N2O6S. The molecule has 9 heteroatoms. The van der Waals surface area contributed by atoms with Crippen molar-refractivity contribution in [3.8, 4) is 11.5 Å². The molecule has 8 nitrogen and oxygen atoms in total. The Morgan fingerprint density at radius 1 is 1.04 bits per heavy atom. The second-order valence-corrected chi connectivity index (χ2v) is 8.49. The molecule has 0 aliphatic carbocycles. The molecule has 1 rings (SSSR count). The Kier molecular flexibility index (Phi) is 10.4. The molecule has 1 aromatic carbocycles. The maximum atomic E-state index is 11.9. The molecule has 0 spiro atoms. The highest BCUT2D eigenvalue weighted by Crippen LogP contribution is 2.28. The Morgan fingerprint density at radius 2 is 1.79 bits per heavy atom. The number of unbranched alkanes of at least 4 members (excludes halogenated alkanes) is 2. The fourth-order valence-electron chi connectivity index (χ4n) is 2.43. The number of ether oxygens (including phenoxy) is 2. The van der Waals surface area contributed by atoms with Gasteiger partial charge in [0.1, 0.15) is 5.75 Å². The first-order valence-corrected chi connectivity index (χ1v) is 11.2. The van der Waals surface area contributed by atoms with Crippen LogP contribution in [0.1, 0.15) is 38.7 Å². The van der Waals surface area contributed by atoms with E-state index in [4.69, 9.17) is 9.47 Å². The minimum Gasteiger partial charge on any atom is -0.493 e. The highest BCUT2D eigenvalue weighted by Gasteiger charge is 2.16. The van der Waals surface area contributed by atoms with Gasteiger partial charge in [-0.15, -0.1) is 0 Å². The van der Waals surface area contributed by atoms with Crippen LogP contribution in [0.5, 0.6) is 11.5 Å². The second kappa shape index (κ2) is 12.2. The van der Waals surface area contributed by atoms with Crippen molar-refractivity contribution in [3.63, 3.8) is 0 Å². The lowest BCUT2D eigenvalue weighted by molar-refractivity contribution is -0.123. The van der Waals surface area contributed by atoms with Gasteiger partial charge in [0.05, 0.1) is 12.9 Å². The Bertz CT molecular complexity index is 749. The van der Waals surface area contributed by atoms with Gasteiger partial charge in [-0.05, 0) is 31.0 Å². The Hall–Kier alpha value is -2.29. The average molecular weight is 415 g/mol. The van der Waals surface area contributed by atoms with Gasteiger partial charge in [-0.1, -0.05) is 25.8 Å². The zero-order chi connectivity index (χ0) is 21.0. The SMILES string of the molecule is CCCCCS(=O)(=O)CC(=O)NCc1ccc(OCC(=O)NCC)c(OC)c1. The van der Waals surface area contributed by atoms with Gasteiger partial charge in [0, 0.05) is 13.1 Å². The molecule has 0 saturated carbocycles. The molecule has 0 heterocycles. The first kappa shape index (κ1) is 23.7. The van der Waals surface area contributed by atoms with Crippen molar-refractivity contribution < 1.29 is 27.5 Å². The molecule has 0 aliphatic heterocycles. The number of benzene rings is 1. The summed E-state index contributed by atoms with van der Waals surface area (Å²) in [6, 6.07) is 5.02. The van der Waals surface area contributed by atoms with Crippen molar-refractivity contribution in [1.82, 2.24) is 10.6 Å². The zero-order valence-corrected chi connectivity index (χ0v) is 17.6. The number of methoxy groups -OCH3 is 1. The van der Waals surface area contributed by atoms with E-state index in [1.807, 2.05) is 13.8 Å². The van der Waals surface area contributed by atoms with Crippen LogP contribution in [0.25, 0.3) is 0 Å². The van der Waals surface area contributed by atoms with E-state index < -0.39 is 21.5 Å². The van der Waals surface area contributed by atoms with Gasteiger partial charge in [-0.2, -0.15) is 0 Å². The molecule has 0 aromatic heterocycles. The maximum Gasteiger partial charge on any atom is 0.257 e. The van der Waals surface area contributed by atoms with Gasteiger partial charge in [0.2, 0.25) is 5.91 Å². The lowest BCUT2D eigenvalue weighted by atomic mass is 10.2. The van der Waals surface area contributed by atoms with Crippen molar-refractivity contribution in [3.05, 3.63) is 23.8 Å². The highest BCUT2D eigenvalue weighted by atomic mass is 32.2. The van der Waals surface area contributed by atoms with E-state index in [-0.39, 0.29) is 24.8 Å². The fourth-order valence-corrected chi connectivity index (χ4v) is 3.72. The fraction of sp³-hybridized carbons (Fsp3) is 0.579. The average Bonchev–Trinajstić information content (AvgIpc) is 2.65. The summed E-state index contributed by atoms with van der Waals surface area (Å²) in [5, 5.41) is 5.24. The van der Waals surface area contributed by atoms with Crippen LogP contribution in [0.3, 0.4) is 0 Å². The molecule has 0 saturated heterocycles. The quantitative estimate of drug-likeness (QED) is 0.473. The van der Waals surface area contributed by atoms with Crippen molar-refractivity contribution in [2.24, 2.45) is 0 Å². The topological polar surface area (TPSA) is 111 Å². The molecule has 0 aliphatic rings. The van der Waals surface area contributed by atoms with Crippen LogP contribution in [-0.2, 0) is 26.0 Å². The molecular weight excluding hydrogens is 384 g/mol. The van der Waals surface area contributed by atoms with E-state index in [9.17, 15) is 18.0 Å². The first-order valence-electron chi connectivity index (χ1n) is 9.34. The summed E-state index contributed by atoms with van der Waals surface area (Å²) < 4.78 is 34.5. The number of sulfone groups is 1. The molecule has 2 N–H and O–H groups in total. The summed E-state index contributed by atoms with van der Waals surface area (Å²) >= 11 is 0. The maximum absolute atomic E-state index is 11.9. The van der Waals surface area contributed by atoms with Gasteiger partial charge in [0.25, 0.3) is 5.91 Å². The van der Waals surface area contributed by atoms with Gasteiger partial charge in [-0.3, -0.25) is 9.59 Å². The monoisotopic (exact) mass is 414 g/mol. The summed E-state index contributed by atoms with van der Waals surface area (Å²) in [5.41, 5.74) is 0.721. The van der Waals surface area contributed by atoms with Gasteiger partial charge in [0.15, 0.2) is 27.9 Å². The van der Waals surface area contributed by atoms with E-state index in [0.717, 1.165) is 18.4 Å². The lowest BCUT2D eigenvalue weighted by Crippen LogP contribution is -2.31. The Morgan fingerprint density at radius 3 is 2.43 bits per heavy atom. The molecule has 158 valence electrons.